The fraction of sp³-hybridized carbons (Fsp3) is 0.208. The number of halogens is 1. The van der Waals surface area contributed by atoms with E-state index in [1.54, 1.807) is 31.2 Å². The lowest BCUT2D eigenvalue weighted by molar-refractivity contribution is 0.0389. The first-order valence-corrected chi connectivity index (χ1v) is 9.66. The average Bonchev–Trinajstić information content (AvgIpc) is 3.01. The fourth-order valence-electron chi connectivity index (χ4n) is 3.86. The van der Waals surface area contributed by atoms with E-state index >= 15 is 0 Å². The van der Waals surface area contributed by atoms with Crippen molar-refractivity contribution in [1.29, 1.82) is 0 Å². The molecule has 0 saturated heterocycles. The maximum atomic E-state index is 14.4. The molecule has 1 heterocycles. The molecule has 0 aliphatic heterocycles. The molecule has 5 nitrogen and oxygen atoms in total. The normalized spacial score (nSPS) is 11.3. The van der Waals surface area contributed by atoms with Crippen LogP contribution in [0, 0.1) is 12.7 Å². The van der Waals surface area contributed by atoms with Crippen molar-refractivity contribution in [2.45, 2.75) is 13.5 Å². The van der Waals surface area contributed by atoms with Gasteiger partial charge in [0.2, 0.25) is 0 Å². The van der Waals surface area contributed by atoms with Crippen LogP contribution in [0.1, 0.15) is 21.6 Å². The second-order valence-corrected chi connectivity index (χ2v) is 7.10. The van der Waals surface area contributed by atoms with Gasteiger partial charge in [-0.05, 0) is 19.1 Å². The van der Waals surface area contributed by atoms with E-state index < -0.39 is 5.97 Å². The standard InChI is InChI=1S/C24H22FNO4/c1-15-22(24(28)30-12-11-29-2)19-13-21(27)17-8-4-5-9-18(17)23(19)26(15)14-16-7-3-6-10-20(16)25/h3-10,13,27H,11-12,14H2,1-2H3. The van der Waals surface area contributed by atoms with Gasteiger partial charge >= 0.3 is 5.97 Å². The van der Waals surface area contributed by atoms with Crippen LogP contribution >= 0.6 is 0 Å². The van der Waals surface area contributed by atoms with Crippen LogP contribution < -0.4 is 0 Å². The van der Waals surface area contributed by atoms with E-state index in [0.29, 0.717) is 27.6 Å². The highest BCUT2D eigenvalue weighted by Gasteiger charge is 2.24. The number of esters is 1. The Morgan fingerprint density at radius 2 is 1.73 bits per heavy atom. The summed E-state index contributed by atoms with van der Waals surface area (Å²) in [7, 11) is 1.53. The summed E-state index contributed by atoms with van der Waals surface area (Å²) in [6, 6.07) is 15.5. The molecule has 4 aromatic rings. The number of phenols is 1. The van der Waals surface area contributed by atoms with Gasteiger partial charge < -0.3 is 19.1 Å². The number of rotatable bonds is 6. The Bertz CT molecular complexity index is 1250. The number of phenolic OH excluding ortho intramolecular Hbond substituents is 1. The van der Waals surface area contributed by atoms with Crippen molar-refractivity contribution in [3.63, 3.8) is 0 Å². The molecule has 6 heteroatoms. The lowest BCUT2D eigenvalue weighted by Crippen LogP contribution is -2.12. The zero-order valence-corrected chi connectivity index (χ0v) is 16.8. The molecule has 0 aliphatic rings. The number of fused-ring (bicyclic) bond motifs is 3. The molecular weight excluding hydrogens is 385 g/mol. The number of carbonyl (C=O) groups is 1. The van der Waals surface area contributed by atoms with Gasteiger partial charge in [0, 0.05) is 34.5 Å². The first kappa shape index (κ1) is 19.9. The van der Waals surface area contributed by atoms with Gasteiger partial charge in [0.25, 0.3) is 0 Å². The Kier molecular flexibility index (Phi) is 5.42. The molecule has 4 rings (SSSR count). The minimum atomic E-state index is -0.503. The number of methoxy groups -OCH3 is 1. The van der Waals surface area contributed by atoms with Gasteiger partial charge in [-0.2, -0.15) is 0 Å². The van der Waals surface area contributed by atoms with Crippen LogP contribution in [0.15, 0.2) is 54.6 Å². The van der Waals surface area contributed by atoms with Crippen LogP contribution in [0.2, 0.25) is 0 Å². The van der Waals surface area contributed by atoms with Crippen molar-refractivity contribution < 1.29 is 23.8 Å². The Labute approximate surface area is 173 Å². The van der Waals surface area contributed by atoms with E-state index in [2.05, 4.69) is 0 Å². The third-order valence-electron chi connectivity index (χ3n) is 5.31. The van der Waals surface area contributed by atoms with Crippen LogP contribution in [-0.4, -0.2) is 36.0 Å². The molecule has 0 radical (unpaired) electrons. The first-order chi connectivity index (χ1) is 14.5. The largest absolute Gasteiger partial charge is 0.507 e. The highest BCUT2D eigenvalue weighted by molar-refractivity contribution is 6.16. The summed E-state index contributed by atoms with van der Waals surface area (Å²) in [6.45, 7) is 2.45. The number of benzene rings is 3. The Hall–Kier alpha value is -3.38. The molecule has 154 valence electrons. The van der Waals surface area contributed by atoms with E-state index in [-0.39, 0.29) is 31.3 Å². The van der Waals surface area contributed by atoms with Crippen LogP contribution in [-0.2, 0) is 16.0 Å². The fourth-order valence-corrected chi connectivity index (χ4v) is 3.86. The van der Waals surface area contributed by atoms with Crippen molar-refractivity contribution >= 4 is 27.6 Å². The van der Waals surface area contributed by atoms with Gasteiger partial charge in [0.1, 0.15) is 18.2 Å². The van der Waals surface area contributed by atoms with Crippen molar-refractivity contribution in [1.82, 2.24) is 4.57 Å². The van der Waals surface area contributed by atoms with Crippen LogP contribution in [0.5, 0.6) is 5.75 Å². The smallest absolute Gasteiger partial charge is 0.340 e. The zero-order valence-electron chi connectivity index (χ0n) is 16.8. The summed E-state index contributed by atoms with van der Waals surface area (Å²) in [5.74, 6) is -0.741. The topological polar surface area (TPSA) is 60.7 Å². The molecule has 0 aliphatic carbocycles. The zero-order chi connectivity index (χ0) is 21.3. The Balaban J connectivity index is 1.97. The molecule has 0 spiro atoms. The SMILES string of the molecule is COCCOC(=O)c1c(C)n(Cc2ccccc2F)c2c1cc(O)c1ccccc12. The van der Waals surface area contributed by atoms with Crippen molar-refractivity contribution in [3.05, 3.63) is 77.2 Å². The summed E-state index contributed by atoms with van der Waals surface area (Å²) in [5.41, 5.74) is 2.27. The van der Waals surface area contributed by atoms with Gasteiger partial charge in [-0.1, -0.05) is 42.5 Å². The summed E-state index contributed by atoms with van der Waals surface area (Å²) < 4.78 is 26.6. The molecule has 0 amide bonds. The quantitative estimate of drug-likeness (QED) is 0.368. The van der Waals surface area contributed by atoms with E-state index in [9.17, 15) is 14.3 Å². The van der Waals surface area contributed by atoms with Gasteiger partial charge in [-0.15, -0.1) is 0 Å². The molecule has 30 heavy (non-hydrogen) atoms. The molecule has 1 aromatic heterocycles. The van der Waals surface area contributed by atoms with E-state index in [1.807, 2.05) is 28.8 Å². The molecule has 0 bridgehead atoms. The third-order valence-corrected chi connectivity index (χ3v) is 5.31. The third kappa shape index (κ3) is 3.39. The number of aromatic nitrogens is 1. The predicted molar refractivity (Wildman–Crippen MR) is 114 cm³/mol. The highest BCUT2D eigenvalue weighted by Crippen LogP contribution is 2.38. The molecule has 1 N–H and O–H groups in total. The average molecular weight is 407 g/mol. The van der Waals surface area contributed by atoms with Gasteiger partial charge in [-0.25, -0.2) is 9.18 Å². The first-order valence-electron chi connectivity index (χ1n) is 9.66. The summed E-state index contributed by atoms with van der Waals surface area (Å²) in [5, 5.41) is 12.6. The summed E-state index contributed by atoms with van der Waals surface area (Å²) >= 11 is 0. The number of aromatic hydroxyl groups is 1. The molecule has 0 fully saturated rings. The second-order valence-electron chi connectivity index (χ2n) is 7.10. The summed E-state index contributed by atoms with van der Waals surface area (Å²) in [6.07, 6.45) is 0. The van der Waals surface area contributed by atoms with Gasteiger partial charge in [0.15, 0.2) is 0 Å². The number of nitrogens with zero attached hydrogens (tertiary/aromatic N) is 1. The number of ether oxygens (including phenoxy) is 2. The van der Waals surface area contributed by atoms with Crippen LogP contribution in [0.4, 0.5) is 4.39 Å². The van der Waals surface area contributed by atoms with Crippen LogP contribution in [0.3, 0.4) is 0 Å². The Morgan fingerprint density at radius 3 is 2.47 bits per heavy atom. The summed E-state index contributed by atoms with van der Waals surface area (Å²) in [4.78, 5) is 12.9. The Morgan fingerprint density at radius 1 is 1.03 bits per heavy atom. The molecule has 0 unspecified atom stereocenters. The number of carbonyl (C=O) groups excluding carboxylic acids is 1. The number of hydrogen-bond donors (Lipinski definition) is 1. The van der Waals surface area contributed by atoms with Crippen molar-refractivity contribution in [2.75, 3.05) is 20.3 Å². The van der Waals surface area contributed by atoms with Gasteiger partial charge in [-0.3, -0.25) is 0 Å². The second kappa shape index (κ2) is 8.16. The predicted octanol–water partition coefficient (Wildman–Crippen LogP) is 4.80. The van der Waals surface area contributed by atoms with E-state index in [1.165, 1.54) is 13.2 Å². The van der Waals surface area contributed by atoms with Crippen molar-refractivity contribution in [2.24, 2.45) is 0 Å². The van der Waals surface area contributed by atoms with E-state index in [4.69, 9.17) is 9.47 Å². The van der Waals surface area contributed by atoms with Crippen molar-refractivity contribution in [3.8, 4) is 5.75 Å². The maximum Gasteiger partial charge on any atom is 0.340 e. The minimum Gasteiger partial charge on any atom is -0.507 e. The molecular formula is C24H22FNO4. The lowest BCUT2D eigenvalue weighted by atomic mass is 10.0. The number of hydrogen-bond acceptors (Lipinski definition) is 4. The monoisotopic (exact) mass is 407 g/mol. The molecule has 0 saturated carbocycles. The molecule has 3 aromatic carbocycles. The van der Waals surface area contributed by atoms with Crippen LogP contribution in [0.25, 0.3) is 21.7 Å². The lowest BCUT2D eigenvalue weighted by Gasteiger charge is -2.12. The molecule has 0 atom stereocenters. The minimum absolute atomic E-state index is 0.0760. The van der Waals surface area contributed by atoms with Gasteiger partial charge in [0.05, 0.1) is 24.2 Å². The highest BCUT2D eigenvalue weighted by atomic mass is 19.1. The van der Waals surface area contributed by atoms with E-state index in [0.717, 1.165) is 10.9 Å². The maximum absolute atomic E-state index is 14.4.